The molecule has 0 spiro atoms. The van der Waals surface area contributed by atoms with Gasteiger partial charge in [-0.05, 0) is 18.6 Å². The summed E-state index contributed by atoms with van der Waals surface area (Å²) in [6, 6.07) is 7.97. The monoisotopic (exact) mass is 461 g/mol. The Kier molecular flexibility index (Phi) is 5.46. The molecule has 5 heterocycles. The molecule has 2 aliphatic heterocycles. The number of rotatable bonds is 7. The Labute approximate surface area is 196 Å². The first-order chi connectivity index (χ1) is 16.7. The summed E-state index contributed by atoms with van der Waals surface area (Å²) in [7, 11) is 0. The lowest BCUT2D eigenvalue weighted by Crippen LogP contribution is -2.37. The maximum atomic E-state index is 12.0. The zero-order valence-electron chi connectivity index (χ0n) is 18.9. The van der Waals surface area contributed by atoms with E-state index in [2.05, 4.69) is 25.2 Å². The summed E-state index contributed by atoms with van der Waals surface area (Å²) < 4.78 is 7.52. The largest absolute Gasteiger partial charge is 0.378 e. The lowest BCUT2D eigenvalue weighted by molar-refractivity contribution is -0.127. The fraction of sp³-hybridized carbons (Fsp3) is 0.435. The maximum Gasteiger partial charge on any atom is 0.229 e. The third kappa shape index (κ3) is 4.03. The smallest absolute Gasteiger partial charge is 0.229 e. The molecule has 1 aromatic carbocycles. The minimum atomic E-state index is 0.223. The molecule has 0 saturated carbocycles. The Bertz CT molecular complexity index is 1290. The second-order valence-corrected chi connectivity index (χ2v) is 8.62. The number of carbonyl (C=O) groups excluding carboxylic acids is 1. The number of aromatic amines is 1. The number of carbonyl (C=O) groups is 1. The molecule has 176 valence electrons. The quantitative estimate of drug-likeness (QED) is 0.428. The number of ether oxygens (including phenoxy) is 1. The number of aromatic nitrogens is 6. The summed E-state index contributed by atoms with van der Waals surface area (Å²) in [5.74, 6) is 2.37. The van der Waals surface area contributed by atoms with E-state index in [1.165, 1.54) is 0 Å². The van der Waals surface area contributed by atoms with E-state index >= 15 is 0 Å². The van der Waals surface area contributed by atoms with Crippen LogP contribution in [0.15, 0.2) is 30.6 Å². The number of morpholine rings is 1. The Morgan fingerprint density at radius 3 is 2.76 bits per heavy atom. The van der Waals surface area contributed by atoms with Crippen molar-refractivity contribution in [2.24, 2.45) is 0 Å². The van der Waals surface area contributed by atoms with Gasteiger partial charge in [-0.15, -0.1) is 0 Å². The molecule has 4 aromatic rings. The number of amides is 1. The summed E-state index contributed by atoms with van der Waals surface area (Å²) in [5, 5.41) is 3.42. The highest BCUT2D eigenvalue weighted by Gasteiger charge is 2.22. The van der Waals surface area contributed by atoms with Gasteiger partial charge in [0.2, 0.25) is 11.9 Å². The zero-order chi connectivity index (χ0) is 22.9. The van der Waals surface area contributed by atoms with Crippen LogP contribution in [-0.2, 0) is 22.6 Å². The van der Waals surface area contributed by atoms with Gasteiger partial charge in [-0.1, -0.05) is 12.1 Å². The lowest BCUT2D eigenvalue weighted by atomic mass is 10.3. The maximum absolute atomic E-state index is 12.0. The number of H-pyrrole nitrogens is 1. The van der Waals surface area contributed by atoms with Crippen LogP contribution in [0.4, 0.5) is 11.8 Å². The van der Waals surface area contributed by atoms with Crippen molar-refractivity contribution in [1.29, 1.82) is 0 Å². The van der Waals surface area contributed by atoms with Crippen LogP contribution in [-0.4, -0.2) is 79.7 Å². The number of fused-ring (bicyclic) bond motifs is 2. The third-order valence-electron chi connectivity index (χ3n) is 6.39. The van der Waals surface area contributed by atoms with Crippen LogP contribution >= 0.6 is 0 Å². The Balaban J connectivity index is 1.29. The first kappa shape index (κ1) is 20.8. The summed E-state index contributed by atoms with van der Waals surface area (Å²) in [6.45, 7) is 5.39. The van der Waals surface area contributed by atoms with E-state index in [1.54, 1.807) is 6.33 Å². The molecule has 2 fully saturated rings. The summed E-state index contributed by atoms with van der Waals surface area (Å²) >= 11 is 0. The topological polar surface area (TPSA) is 117 Å². The van der Waals surface area contributed by atoms with Crippen LogP contribution in [0.2, 0.25) is 0 Å². The minimum absolute atomic E-state index is 0.223. The molecular formula is C23H27N9O2. The molecule has 0 radical (unpaired) electrons. The summed E-state index contributed by atoms with van der Waals surface area (Å²) in [6.07, 6.45) is 3.36. The number of nitrogens with zero attached hydrogens (tertiary/aromatic N) is 7. The fourth-order valence-corrected chi connectivity index (χ4v) is 4.55. The molecule has 2 saturated heterocycles. The molecule has 3 aromatic heterocycles. The molecule has 11 nitrogen and oxygen atoms in total. The van der Waals surface area contributed by atoms with Gasteiger partial charge in [0, 0.05) is 39.1 Å². The number of likely N-dealkylation sites (tertiary alicyclic amines) is 1. The highest BCUT2D eigenvalue weighted by molar-refractivity contribution is 5.84. The predicted molar refractivity (Wildman–Crippen MR) is 128 cm³/mol. The van der Waals surface area contributed by atoms with E-state index in [0.29, 0.717) is 56.6 Å². The molecule has 11 heteroatoms. The highest BCUT2D eigenvalue weighted by Crippen LogP contribution is 2.24. The Morgan fingerprint density at radius 1 is 1.06 bits per heavy atom. The van der Waals surface area contributed by atoms with Crippen LogP contribution in [0.5, 0.6) is 0 Å². The average molecular weight is 462 g/mol. The SMILES string of the molecule is O=C1CCCN1CCn1cnc2c(NCc3nc4ccccc4[nH]3)nc(N3CCOCC3)nc21. The van der Waals surface area contributed by atoms with Crippen LogP contribution in [0.1, 0.15) is 18.7 Å². The summed E-state index contributed by atoms with van der Waals surface area (Å²) in [5.41, 5.74) is 3.40. The van der Waals surface area contributed by atoms with E-state index in [1.807, 2.05) is 33.7 Å². The van der Waals surface area contributed by atoms with Gasteiger partial charge in [-0.2, -0.15) is 9.97 Å². The number of nitrogens with one attached hydrogen (secondary N) is 2. The van der Waals surface area contributed by atoms with Gasteiger partial charge < -0.3 is 29.4 Å². The molecule has 1 amide bonds. The second-order valence-electron chi connectivity index (χ2n) is 8.62. The second kappa shape index (κ2) is 8.90. The van der Waals surface area contributed by atoms with Crippen molar-refractivity contribution in [2.75, 3.05) is 49.6 Å². The number of para-hydroxylation sites is 2. The van der Waals surface area contributed by atoms with Gasteiger partial charge in [0.05, 0.1) is 37.1 Å². The molecule has 0 unspecified atom stereocenters. The number of imidazole rings is 2. The zero-order valence-corrected chi connectivity index (χ0v) is 18.9. The molecule has 0 bridgehead atoms. The van der Waals surface area contributed by atoms with Crippen molar-refractivity contribution < 1.29 is 9.53 Å². The number of hydrogen-bond donors (Lipinski definition) is 2. The molecule has 0 atom stereocenters. The van der Waals surface area contributed by atoms with E-state index in [4.69, 9.17) is 14.7 Å². The van der Waals surface area contributed by atoms with Gasteiger partial charge in [0.1, 0.15) is 5.82 Å². The van der Waals surface area contributed by atoms with E-state index < -0.39 is 0 Å². The van der Waals surface area contributed by atoms with Crippen LogP contribution < -0.4 is 10.2 Å². The Morgan fingerprint density at radius 2 is 1.94 bits per heavy atom. The molecule has 6 rings (SSSR count). The lowest BCUT2D eigenvalue weighted by Gasteiger charge is -2.27. The van der Waals surface area contributed by atoms with Crippen molar-refractivity contribution in [2.45, 2.75) is 25.9 Å². The van der Waals surface area contributed by atoms with Crippen LogP contribution in [0.3, 0.4) is 0 Å². The third-order valence-corrected chi connectivity index (χ3v) is 6.39. The fourth-order valence-electron chi connectivity index (χ4n) is 4.55. The van der Waals surface area contributed by atoms with E-state index in [-0.39, 0.29) is 5.91 Å². The standard InChI is InChI=1S/C23H27N9O2/c33-19-6-3-7-30(19)8-9-32-15-25-20-21(24-14-18-26-16-4-1-2-5-17(16)27-18)28-23(29-22(20)32)31-10-12-34-13-11-31/h1-2,4-5,15H,3,6-14H2,(H,26,27)(H,24,28,29). The number of benzene rings is 1. The van der Waals surface area contributed by atoms with Gasteiger partial charge in [0.15, 0.2) is 17.0 Å². The van der Waals surface area contributed by atoms with Crippen LogP contribution in [0.25, 0.3) is 22.2 Å². The van der Waals surface area contributed by atoms with Crippen molar-refractivity contribution in [1.82, 2.24) is 34.4 Å². The molecule has 2 aliphatic rings. The van der Waals surface area contributed by atoms with Crippen LogP contribution in [0, 0.1) is 0 Å². The van der Waals surface area contributed by atoms with E-state index in [0.717, 1.165) is 48.6 Å². The van der Waals surface area contributed by atoms with Gasteiger partial charge in [0.25, 0.3) is 0 Å². The molecule has 0 aliphatic carbocycles. The first-order valence-corrected chi connectivity index (χ1v) is 11.8. The average Bonchev–Trinajstić information content (AvgIpc) is 3.59. The first-order valence-electron chi connectivity index (χ1n) is 11.8. The van der Waals surface area contributed by atoms with Crippen molar-refractivity contribution in [3.63, 3.8) is 0 Å². The summed E-state index contributed by atoms with van der Waals surface area (Å²) in [4.78, 5) is 38.4. The van der Waals surface area contributed by atoms with Gasteiger partial charge in [-0.3, -0.25) is 4.79 Å². The molecular weight excluding hydrogens is 434 g/mol. The highest BCUT2D eigenvalue weighted by atomic mass is 16.5. The molecule has 2 N–H and O–H groups in total. The molecule has 34 heavy (non-hydrogen) atoms. The minimum Gasteiger partial charge on any atom is -0.378 e. The van der Waals surface area contributed by atoms with Crippen molar-refractivity contribution in [3.05, 3.63) is 36.4 Å². The predicted octanol–water partition coefficient (Wildman–Crippen LogP) is 1.77. The van der Waals surface area contributed by atoms with Crippen molar-refractivity contribution >= 4 is 39.9 Å². The van der Waals surface area contributed by atoms with Gasteiger partial charge >= 0.3 is 0 Å². The van der Waals surface area contributed by atoms with E-state index in [9.17, 15) is 4.79 Å². The normalized spacial score (nSPS) is 16.8. The number of hydrogen-bond acceptors (Lipinski definition) is 8. The Hall–Kier alpha value is -3.73. The van der Waals surface area contributed by atoms with Gasteiger partial charge in [-0.25, -0.2) is 9.97 Å². The number of anilines is 2. The van der Waals surface area contributed by atoms with Crippen molar-refractivity contribution in [3.8, 4) is 0 Å².